The maximum absolute atomic E-state index is 11.1. The second-order valence-electron chi connectivity index (χ2n) is 4.12. The summed E-state index contributed by atoms with van der Waals surface area (Å²) in [5.74, 6) is 0.0937. The Balaban J connectivity index is 2.27. The fraction of sp³-hybridized carbons (Fsp3) is 0.182. The number of aromatic carboxylic acids is 1. The van der Waals surface area contributed by atoms with Gasteiger partial charge in [-0.15, -0.1) is 0 Å². The normalized spacial score (nSPS) is 11.1. The third-order valence-corrected chi connectivity index (χ3v) is 2.70. The van der Waals surface area contributed by atoms with Gasteiger partial charge in [-0.1, -0.05) is 0 Å². The summed E-state index contributed by atoms with van der Waals surface area (Å²) >= 11 is 0. The number of hydrogen-bond donors (Lipinski definition) is 1. The molecule has 3 heterocycles. The third-order valence-electron chi connectivity index (χ3n) is 2.70. The molecule has 8 heteroatoms. The third kappa shape index (κ3) is 1.73. The molecule has 0 amide bonds. The Bertz CT molecular complexity index is 788. The average molecular weight is 258 g/mol. The van der Waals surface area contributed by atoms with Gasteiger partial charge >= 0.3 is 5.97 Å². The zero-order chi connectivity index (χ0) is 13.6. The van der Waals surface area contributed by atoms with Gasteiger partial charge < -0.3 is 5.11 Å². The van der Waals surface area contributed by atoms with Gasteiger partial charge in [0.2, 0.25) is 0 Å². The molecule has 1 N–H and O–H groups in total. The molecule has 96 valence electrons. The summed E-state index contributed by atoms with van der Waals surface area (Å²) in [4.78, 5) is 19.4. The zero-order valence-electron chi connectivity index (χ0n) is 10.3. The van der Waals surface area contributed by atoms with Gasteiger partial charge in [0.1, 0.15) is 17.7 Å². The van der Waals surface area contributed by atoms with Crippen molar-refractivity contribution in [2.45, 2.75) is 13.8 Å². The first kappa shape index (κ1) is 11.3. The molecule has 0 radical (unpaired) electrons. The van der Waals surface area contributed by atoms with Crippen molar-refractivity contribution < 1.29 is 9.90 Å². The molecule has 19 heavy (non-hydrogen) atoms. The van der Waals surface area contributed by atoms with Crippen LogP contribution in [0.2, 0.25) is 0 Å². The molecular formula is C11H10N6O2. The van der Waals surface area contributed by atoms with E-state index < -0.39 is 5.97 Å². The Labute approximate surface area is 107 Å². The largest absolute Gasteiger partial charge is 0.477 e. The number of aromatic nitrogens is 6. The first-order valence-electron chi connectivity index (χ1n) is 5.53. The summed E-state index contributed by atoms with van der Waals surface area (Å²) in [5, 5.41) is 17.2. The van der Waals surface area contributed by atoms with Crippen LogP contribution in [0.3, 0.4) is 0 Å². The maximum atomic E-state index is 11.1. The molecule has 0 saturated heterocycles. The van der Waals surface area contributed by atoms with E-state index in [9.17, 15) is 4.79 Å². The second kappa shape index (κ2) is 3.87. The monoisotopic (exact) mass is 258 g/mol. The van der Waals surface area contributed by atoms with Crippen molar-refractivity contribution in [3.05, 3.63) is 35.7 Å². The molecule has 0 aliphatic carbocycles. The van der Waals surface area contributed by atoms with Gasteiger partial charge in [0.05, 0.1) is 6.20 Å². The molecule has 3 aromatic rings. The highest BCUT2D eigenvalue weighted by Crippen LogP contribution is 2.15. The molecule has 3 rings (SSSR count). The zero-order valence-corrected chi connectivity index (χ0v) is 10.3. The topological polar surface area (TPSA) is 98.2 Å². The Morgan fingerprint density at radius 3 is 2.79 bits per heavy atom. The van der Waals surface area contributed by atoms with Crippen LogP contribution in [0.15, 0.2) is 18.7 Å². The summed E-state index contributed by atoms with van der Waals surface area (Å²) < 4.78 is 2.95. The van der Waals surface area contributed by atoms with E-state index in [-0.39, 0.29) is 11.2 Å². The van der Waals surface area contributed by atoms with Crippen molar-refractivity contribution in [3.63, 3.8) is 0 Å². The molecule has 8 nitrogen and oxygen atoms in total. The minimum absolute atomic E-state index is 0.0538. The highest BCUT2D eigenvalue weighted by molar-refractivity contribution is 5.94. The van der Waals surface area contributed by atoms with E-state index in [1.54, 1.807) is 13.1 Å². The summed E-state index contributed by atoms with van der Waals surface area (Å²) in [6.07, 6.45) is 4.53. The lowest BCUT2D eigenvalue weighted by Gasteiger charge is -2.05. The summed E-state index contributed by atoms with van der Waals surface area (Å²) in [5.41, 5.74) is 1.15. The number of nitrogens with zero attached hydrogens (tertiary/aromatic N) is 6. The minimum atomic E-state index is -1.06. The predicted octanol–water partition coefficient (Wildman–Crippen LogP) is 0.625. The van der Waals surface area contributed by atoms with Gasteiger partial charge in [-0.25, -0.2) is 24.0 Å². The van der Waals surface area contributed by atoms with Crippen molar-refractivity contribution in [1.29, 1.82) is 0 Å². The van der Waals surface area contributed by atoms with Gasteiger partial charge in [0.15, 0.2) is 11.5 Å². The fourth-order valence-electron chi connectivity index (χ4n) is 1.82. The average Bonchev–Trinajstić information content (AvgIpc) is 2.93. The van der Waals surface area contributed by atoms with Crippen LogP contribution in [0.25, 0.3) is 11.5 Å². The lowest BCUT2D eigenvalue weighted by molar-refractivity contribution is 0.0699. The number of carboxylic acid groups (broad SMARTS) is 1. The van der Waals surface area contributed by atoms with Gasteiger partial charge in [0.25, 0.3) is 0 Å². The first-order chi connectivity index (χ1) is 9.06. The molecule has 0 spiro atoms. The van der Waals surface area contributed by atoms with Gasteiger partial charge in [0, 0.05) is 11.8 Å². The summed E-state index contributed by atoms with van der Waals surface area (Å²) in [6, 6.07) is 0. The maximum Gasteiger partial charge on any atom is 0.341 e. The van der Waals surface area contributed by atoms with Crippen LogP contribution in [0.1, 0.15) is 21.7 Å². The Kier molecular flexibility index (Phi) is 2.31. The van der Waals surface area contributed by atoms with Crippen LogP contribution >= 0.6 is 0 Å². The number of fused-ring (bicyclic) bond motifs is 1. The highest BCUT2D eigenvalue weighted by atomic mass is 16.4. The number of hydrogen-bond acceptors (Lipinski definition) is 5. The fourth-order valence-corrected chi connectivity index (χ4v) is 1.82. The van der Waals surface area contributed by atoms with E-state index in [4.69, 9.17) is 5.11 Å². The molecule has 0 bridgehead atoms. The van der Waals surface area contributed by atoms with Crippen LogP contribution in [0.4, 0.5) is 0 Å². The molecule has 0 aromatic carbocycles. The second-order valence-corrected chi connectivity index (χ2v) is 4.12. The summed E-state index contributed by atoms with van der Waals surface area (Å²) in [6.45, 7) is 3.62. The number of carbonyl (C=O) groups is 1. The van der Waals surface area contributed by atoms with Crippen molar-refractivity contribution >= 4 is 11.6 Å². The van der Waals surface area contributed by atoms with Gasteiger partial charge in [-0.3, -0.25) is 0 Å². The minimum Gasteiger partial charge on any atom is -0.477 e. The predicted molar refractivity (Wildman–Crippen MR) is 64.3 cm³/mol. The molecule has 0 unspecified atom stereocenters. The van der Waals surface area contributed by atoms with E-state index in [2.05, 4.69) is 20.2 Å². The van der Waals surface area contributed by atoms with E-state index in [0.29, 0.717) is 11.6 Å². The highest BCUT2D eigenvalue weighted by Gasteiger charge is 2.15. The van der Waals surface area contributed by atoms with Crippen LogP contribution in [-0.4, -0.2) is 40.4 Å². The van der Waals surface area contributed by atoms with Crippen molar-refractivity contribution in [1.82, 2.24) is 29.4 Å². The number of rotatable bonds is 2. The molecule has 0 fully saturated rings. The molecule has 0 atom stereocenters. The van der Waals surface area contributed by atoms with Crippen molar-refractivity contribution in [2.24, 2.45) is 0 Å². The number of aryl methyl sites for hydroxylation is 2. The molecular weight excluding hydrogens is 248 g/mol. The van der Waals surface area contributed by atoms with Crippen LogP contribution < -0.4 is 0 Å². The Morgan fingerprint density at radius 2 is 2.16 bits per heavy atom. The number of carboxylic acids is 1. The lowest BCUT2D eigenvalue weighted by Crippen LogP contribution is -2.06. The van der Waals surface area contributed by atoms with E-state index in [1.807, 2.05) is 6.92 Å². The van der Waals surface area contributed by atoms with Crippen molar-refractivity contribution in [3.8, 4) is 5.82 Å². The van der Waals surface area contributed by atoms with Crippen LogP contribution in [0.5, 0.6) is 0 Å². The standard InChI is InChI=1S/C11H10N6O2/c1-6-4-16-10(8(3-13-16)11(18)19)14-9(6)17-5-12-7(2)15-17/h3-5H,1-2H3,(H,18,19). The molecule has 0 aliphatic rings. The molecule has 3 aromatic heterocycles. The Hall–Kier alpha value is -2.77. The Morgan fingerprint density at radius 1 is 1.37 bits per heavy atom. The molecule has 0 saturated carbocycles. The van der Waals surface area contributed by atoms with E-state index in [0.717, 1.165) is 5.56 Å². The quantitative estimate of drug-likeness (QED) is 0.723. The summed E-state index contributed by atoms with van der Waals surface area (Å²) in [7, 11) is 0. The van der Waals surface area contributed by atoms with Crippen molar-refractivity contribution in [2.75, 3.05) is 0 Å². The smallest absolute Gasteiger partial charge is 0.341 e. The van der Waals surface area contributed by atoms with E-state index >= 15 is 0 Å². The van der Waals surface area contributed by atoms with Crippen LogP contribution in [0, 0.1) is 13.8 Å². The van der Waals surface area contributed by atoms with Gasteiger partial charge in [-0.2, -0.15) is 10.2 Å². The molecule has 0 aliphatic heterocycles. The van der Waals surface area contributed by atoms with Crippen LogP contribution in [-0.2, 0) is 0 Å². The SMILES string of the molecule is Cc1ncn(-c2nc3c(C(=O)O)cnn3cc2C)n1. The first-order valence-corrected chi connectivity index (χ1v) is 5.53. The van der Waals surface area contributed by atoms with E-state index in [1.165, 1.54) is 21.7 Å². The van der Waals surface area contributed by atoms with Gasteiger partial charge in [-0.05, 0) is 13.8 Å². The lowest BCUT2D eigenvalue weighted by atomic mass is 10.3.